The summed E-state index contributed by atoms with van der Waals surface area (Å²) in [5.74, 6) is 1.02. The molecule has 2 spiro atoms. The summed E-state index contributed by atoms with van der Waals surface area (Å²) >= 11 is 6.24. The number of rotatable bonds is 6. The van der Waals surface area contributed by atoms with Crippen LogP contribution in [0, 0.1) is 16.7 Å². The van der Waals surface area contributed by atoms with E-state index in [0.29, 0.717) is 5.82 Å². The van der Waals surface area contributed by atoms with Gasteiger partial charge in [0.2, 0.25) is 0 Å². The van der Waals surface area contributed by atoms with Crippen LogP contribution in [0.25, 0.3) is 0 Å². The van der Waals surface area contributed by atoms with Crippen molar-refractivity contribution in [1.82, 2.24) is 10.4 Å². The summed E-state index contributed by atoms with van der Waals surface area (Å²) in [7, 11) is 0. The van der Waals surface area contributed by atoms with Gasteiger partial charge in [-0.15, -0.1) is 0 Å². The van der Waals surface area contributed by atoms with Gasteiger partial charge in [-0.2, -0.15) is 5.43 Å². The molecule has 1 N–H and O–H groups in total. The Morgan fingerprint density at radius 2 is 1.97 bits per heavy atom. The highest BCUT2D eigenvalue weighted by Crippen LogP contribution is 2.93. The minimum Gasteiger partial charge on any atom is -0.456 e. The minimum atomic E-state index is -0.582. The summed E-state index contributed by atoms with van der Waals surface area (Å²) in [4.78, 5) is 16.6. The largest absolute Gasteiger partial charge is 0.456 e. The number of hydrogen-bond acceptors (Lipinski definition) is 6. The predicted molar refractivity (Wildman–Crippen MR) is 110 cm³/mol. The Bertz CT molecular complexity index is 853. The number of nitrogens with zero attached hydrogens (tertiary/aromatic N) is 2. The third-order valence-corrected chi connectivity index (χ3v) is 7.19. The summed E-state index contributed by atoms with van der Waals surface area (Å²) in [6, 6.07) is 3.38. The van der Waals surface area contributed by atoms with Crippen LogP contribution in [0.15, 0.2) is 24.4 Å². The average molecular weight is 418 g/mol. The Morgan fingerprint density at radius 1 is 1.28 bits per heavy atom. The van der Waals surface area contributed by atoms with Crippen molar-refractivity contribution < 1.29 is 14.3 Å². The molecule has 0 amide bonds. The first kappa shape index (κ1) is 19.3. The van der Waals surface area contributed by atoms with Crippen LogP contribution in [0.3, 0.4) is 0 Å². The summed E-state index contributed by atoms with van der Waals surface area (Å²) < 4.78 is 11.4. The molecule has 1 atom stereocenters. The number of pyridine rings is 1. The van der Waals surface area contributed by atoms with Gasteiger partial charge in [-0.3, -0.25) is 5.01 Å². The van der Waals surface area contributed by atoms with E-state index in [2.05, 4.69) is 10.4 Å². The molecular weight excluding hydrogens is 390 g/mol. The van der Waals surface area contributed by atoms with Gasteiger partial charge in [0.05, 0.1) is 5.56 Å². The van der Waals surface area contributed by atoms with Gasteiger partial charge in [0.15, 0.2) is 0 Å². The number of anilines is 1. The van der Waals surface area contributed by atoms with E-state index < -0.39 is 11.6 Å². The Kier molecular flexibility index (Phi) is 4.29. The molecule has 156 valence electrons. The summed E-state index contributed by atoms with van der Waals surface area (Å²) in [6.07, 6.45) is 10.6. The van der Waals surface area contributed by atoms with Crippen LogP contribution in [0.1, 0.15) is 63.2 Å². The monoisotopic (exact) mass is 417 g/mol. The summed E-state index contributed by atoms with van der Waals surface area (Å²) in [5.41, 5.74) is 4.40. The van der Waals surface area contributed by atoms with Crippen molar-refractivity contribution in [2.45, 2.75) is 64.7 Å². The van der Waals surface area contributed by atoms with Crippen molar-refractivity contribution in [2.24, 2.45) is 16.7 Å². The number of hydrazine groups is 1. The zero-order valence-corrected chi connectivity index (χ0v) is 18.0. The first-order valence-corrected chi connectivity index (χ1v) is 10.9. The lowest BCUT2D eigenvalue weighted by molar-refractivity contribution is 0.00693. The molecule has 1 aromatic heterocycles. The number of esters is 1. The van der Waals surface area contributed by atoms with E-state index in [0.717, 1.165) is 23.4 Å². The maximum absolute atomic E-state index is 12.2. The molecule has 1 aromatic rings. The molecule has 0 radical (unpaired) electrons. The zero-order valence-electron chi connectivity index (χ0n) is 17.2. The normalized spacial score (nSPS) is 25.7. The van der Waals surface area contributed by atoms with Crippen LogP contribution >= 0.6 is 11.6 Å². The number of ether oxygens (including phenoxy) is 2. The standard InChI is InChI=1S/C22H28ClN3O3/c1-20(2,3)29-19(27)14-4-5-16(24-18(14)23)26-12-6-17(25-26)28-13-7-15-21(8-9-21)22(15)10-11-22/h4-6,12,15,17,25H,7-11,13H2,1-3H3. The smallest absolute Gasteiger partial charge is 0.341 e. The molecular formula is C22H28ClN3O3. The van der Waals surface area contributed by atoms with Crippen molar-refractivity contribution in [1.29, 1.82) is 0 Å². The van der Waals surface area contributed by atoms with Crippen LogP contribution in [0.2, 0.25) is 5.15 Å². The van der Waals surface area contributed by atoms with Crippen LogP contribution in [-0.4, -0.2) is 29.4 Å². The molecule has 4 aliphatic rings. The molecule has 5 rings (SSSR count). The van der Waals surface area contributed by atoms with Crippen molar-refractivity contribution >= 4 is 23.4 Å². The van der Waals surface area contributed by atoms with E-state index in [9.17, 15) is 4.79 Å². The van der Waals surface area contributed by atoms with Crippen LogP contribution in [0.4, 0.5) is 5.82 Å². The predicted octanol–water partition coefficient (Wildman–Crippen LogP) is 4.45. The lowest BCUT2D eigenvalue weighted by Gasteiger charge is -2.21. The van der Waals surface area contributed by atoms with Gasteiger partial charge in [0.1, 0.15) is 22.8 Å². The second-order valence-corrected chi connectivity index (χ2v) is 10.2. The van der Waals surface area contributed by atoms with Crippen molar-refractivity contribution in [2.75, 3.05) is 11.6 Å². The fourth-order valence-corrected chi connectivity index (χ4v) is 5.56. The summed E-state index contributed by atoms with van der Waals surface area (Å²) in [5, 5.41) is 1.88. The Hall–Kier alpha value is -1.63. The van der Waals surface area contributed by atoms with Crippen molar-refractivity contribution in [3.8, 4) is 0 Å². The van der Waals surface area contributed by atoms with Crippen molar-refractivity contribution in [3.05, 3.63) is 35.1 Å². The molecule has 6 nitrogen and oxygen atoms in total. The van der Waals surface area contributed by atoms with E-state index in [-0.39, 0.29) is 16.9 Å². The second-order valence-electron chi connectivity index (χ2n) is 9.80. The lowest BCUT2D eigenvalue weighted by atomic mass is 10.2. The second kappa shape index (κ2) is 6.43. The summed E-state index contributed by atoms with van der Waals surface area (Å²) in [6.45, 7) is 6.23. The average Bonchev–Trinajstić information content (AvgIpc) is 3.58. The topological polar surface area (TPSA) is 63.7 Å². The number of carbonyl (C=O) groups is 1. The maximum Gasteiger partial charge on any atom is 0.341 e. The van der Waals surface area contributed by atoms with Crippen molar-refractivity contribution in [3.63, 3.8) is 0 Å². The van der Waals surface area contributed by atoms with E-state index in [1.54, 1.807) is 17.1 Å². The molecule has 0 aromatic carbocycles. The first-order valence-electron chi connectivity index (χ1n) is 10.5. The first-order chi connectivity index (χ1) is 13.7. The van der Waals surface area contributed by atoms with Gasteiger partial charge in [0, 0.05) is 12.8 Å². The highest BCUT2D eigenvalue weighted by Gasteiger charge is 2.85. The molecule has 3 fully saturated rings. The molecule has 3 aliphatic carbocycles. The van der Waals surface area contributed by atoms with Gasteiger partial charge in [0.25, 0.3) is 0 Å². The third-order valence-electron chi connectivity index (χ3n) is 6.90. The van der Waals surface area contributed by atoms with E-state index in [1.165, 1.54) is 32.1 Å². The third kappa shape index (κ3) is 3.35. The van der Waals surface area contributed by atoms with Gasteiger partial charge >= 0.3 is 5.97 Å². The number of nitrogens with one attached hydrogen (secondary N) is 1. The number of halogens is 1. The number of carbonyl (C=O) groups excluding carboxylic acids is 1. The molecule has 0 bridgehead atoms. The van der Waals surface area contributed by atoms with Gasteiger partial charge in [-0.25, -0.2) is 9.78 Å². The molecule has 2 heterocycles. The molecule has 7 heteroatoms. The quantitative estimate of drug-likeness (QED) is 0.545. The fraction of sp³-hybridized carbons (Fsp3) is 0.636. The SMILES string of the molecule is CC(C)(C)OC(=O)c1ccc(N2C=CC(OCCC3C4(CC4)C34CC4)N2)nc1Cl. The Labute approximate surface area is 176 Å². The highest BCUT2D eigenvalue weighted by atomic mass is 35.5. The number of aromatic nitrogens is 1. The fourth-order valence-electron chi connectivity index (χ4n) is 5.33. The molecule has 1 aliphatic heterocycles. The molecule has 29 heavy (non-hydrogen) atoms. The minimum absolute atomic E-state index is 0.120. The number of fused-ring (bicyclic) bond motifs is 1. The molecule has 3 saturated carbocycles. The zero-order chi connectivity index (χ0) is 20.4. The van der Waals surface area contributed by atoms with Crippen LogP contribution in [-0.2, 0) is 9.47 Å². The van der Waals surface area contributed by atoms with Gasteiger partial charge in [-0.05, 0) is 87.8 Å². The van der Waals surface area contributed by atoms with E-state index >= 15 is 0 Å². The lowest BCUT2D eigenvalue weighted by Crippen LogP contribution is -2.37. The maximum atomic E-state index is 12.2. The Balaban J connectivity index is 1.13. The molecule has 0 saturated heterocycles. The van der Waals surface area contributed by atoms with Gasteiger partial charge < -0.3 is 9.47 Å². The highest BCUT2D eigenvalue weighted by molar-refractivity contribution is 6.32. The van der Waals surface area contributed by atoms with Gasteiger partial charge in [-0.1, -0.05) is 11.6 Å². The number of hydrogen-bond donors (Lipinski definition) is 1. The van der Waals surface area contributed by atoms with E-state index in [4.69, 9.17) is 21.1 Å². The Morgan fingerprint density at radius 3 is 2.55 bits per heavy atom. The van der Waals surface area contributed by atoms with Crippen LogP contribution in [0.5, 0.6) is 0 Å². The molecule has 1 unspecified atom stereocenters. The van der Waals surface area contributed by atoms with Crippen LogP contribution < -0.4 is 10.4 Å². The van der Waals surface area contributed by atoms with E-state index in [1.807, 2.05) is 33.0 Å².